The Morgan fingerprint density at radius 3 is 2.75 bits per heavy atom. The molecule has 4 nitrogen and oxygen atoms in total. The summed E-state index contributed by atoms with van der Waals surface area (Å²) >= 11 is 0. The number of hydrogen-bond acceptors (Lipinski definition) is 3. The van der Waals surface area contributed by atoms with Crippen molar-refractivity contribution < 1.29 is 4.79 Å². The Labute approximate surface area is 98.3 Å². The van der Waals surface area contributed by atoms with Crippen molar-refractivity contribution in [3.63, 3.8) is 0 Å². The molecule has 1 rings (SSSR count). The normalized spacial score (nSPS) is 26.3. The number of rotatable bonds is 5. The minimum absolute atomic E-state index is 0.405. The molecule has 2 atom stereocenters. The second kappa shape index (κ2) is 5.64. The first-order chi connectivity index (χ1) is 7.47. The molecule has 0 spiro atoms. The van der Waals surface area contributed by atoms with Crippen molar-refractivity contribution >= 4 is 5.91 Å². The van der Waals surface area contributed by atoms with Crippen LogP contribution in [0.15, 0.2) is 0 Å². The average molecular weight is 227 g/mol. The van der Waals surface area contributed by atoms with Crippen LogP contribution in [0.2, 0.25) is 0 Å². The quantitative estimate of drug-likeness (QED) is 0.731. The molecule has 0 aliphatic carbocycles. The number of hydrogen-bond donors (Lipinski definition) is 2. The molecule has 1 heterocycles. The van der Waals surface area contributed by atoms with Gasteiger partial charge in [0.15, 0.2) is 0 Å². The van der Waals surface area contributed by atoms with E-state index in [2.05, 4.69) is 11.8 Å². The van der Waals surface area contributed by atoms with Gasteiger partial charge in [-0.15, -0.1) is 0 Å². The zero-order valence-electron chi connectivity index (χ0n) is 10.5. The molecule has 4 heteroatoms. The third-order valence-electron chi connectivity index (χ3n) is 3.70. The summed E-state index contributed by atoms with van der Waals surface area (Å²) < 4.78 is 0. The number of piperidine rings is 1. The molecule has 0 radical (unpaired) electrons. The summed E-state index contributed by atoms with van der Waals surface area (Å²) in [6.07, 6.45) is 5.68. The van der Waals surface area contributed by atoms with Crippen molar-refractivity contribution in [3.8, 4) is 0 Å². The van der Waals surface area contributed by atoms with E-state index in [1.807, 2.05) is 0 Å². The number of carbonyl (C=O) groups excluding carboxylic acids is 1. The minimum atomic E-state index is -0.865. The Kier molecular flexibility index (Phi) is 4.74. The molecule has 16 heavy (non-hydrogen) atoms. The predicted octanol–water partition coefficient (Wildman–Crippen LogP) is 0.844. The molecular formula is C12H25N3O. The zero-order valence-corrected chi connectivity index (χ0v) is 10.5. The van der Waals surface area contributed by atoms with Crippen LogP contribution < -0.4 is 11.5 Å². The van der Waals surface area contributed by atoms with Crippen LogP contribution in [-0.2, 0) is 4.79 Å². The van der Waals surface area contributed by atoms with Crippen molar-refractivity contribution in [3.05, 3.63) is 0 Å². The number of primary amides is 1. The van der Waals surface area contributed by atoms with E-state index in [0.717, 1.165) is 13.1 Å². The van der Waals surface area contributed by atoms with Gasteiger partial charge in [0, 0.05) is 12.6 Å². The SMILES string of the molecule is CCC1CCCCN1CCC(C)(N)C(N)=O. The smallest absolute Gasteiger partial charge is 0.237 e. The highest BCUT2D eigenvalue weighted by atomic mass is 16.1. The fourth-order valence-electron chi connectivity index (χ4n) is 2.32. The Balaban J connectivity index is 2.43. The van der Waals surface area contributed by atoms with E-state index in [1.165, 1.54) is 25.7 Å². The van der Waals surface area contributed by atoms with Gasteiger partial charge in [-0.3, -0.25) is 4.79 Å². The molecule has 1 saturated heterocycles. The van der Waals surface area contributed by atoms with E-state index in [-0.39, 0.29) is 0 Å². The van der Waals surface area contributed by atoms with Gasteiger partial charge in [0.05, 0.1) is 5.54 Å². The first-order valence-corrected chi connectivity index (χ1v) is 6.30. The Morgan fingerprint density at radius 2 is 2.19 bits per heavy atom. The molecular weight excluding hydrogens is 202 g/mol. The van der Waals surface area contributed by atoms with Crippen molar-refractivity contribution in [2.45, 2.75) is 57.5 Å². The van der Waals surface area contributed by atoms with Gasteiger partial charge in [-0.25, -0.2) is 0 Å². The van der Waals surface area contributed by atoms with E-state index in [4.69, 9.17) is 11.5 Å². The first-order valence-electron chi connectivity index (χ1n) is 6.30. The van der Waals surface area contributed by atoms with Gasteiger partial charge >= 0.3 is 0 Å². The summed E-state index contributed by atoms with van der Waals surface area (Å²) in [6, 6.07) is 0.664. The highest BCUT2D eigenvalue weighted by molar-refractivity contribution is 5.83. The lowest BCUT2D eigenvalue weighted by Crippen LogP contribution is -2.52. The molecule has 0 aromatic heterocycles. The summed E-state index contributed by atoms with van der Waals surface area (Å²) in [5, 5.41) is 0. The molecule has 94 valence electrons. The van der Waals surface area contributed by atoms with Gasteiger partial charge in [0.25, 0.3) is 0 Å². The summed E-state index contributed by atoms with van der Waals surface area (Å²) in [4.78, 5) is 13.6. The second-order valence-corrected chi connectivity index (χ2v) is 5.13. The lowest BCUT2D eigenvalue weighted by atomic mass is 9.95. The monoisotopic (exact) mass is 227 g/mol. The number of nitrogens with zero attached hydrogens (tertiary/aromatic N) is 1. The van der Waals surface area contributed by atoms with Gasteiger partial charge in [-0.1, -0.05) is 13.3 Å². The predicted molar refractivity (Wildman–Crippen MR) is 65.9 cm³/mol. The fraction of sp³-hybridized carbons (Fsp3) is 0.917. The first kappa shape index (κ1) is 13.5. The molecule has 0 bridgehead atoms. The Bertz CT molecular complexity index is 240. The summed E-state index contributed by atoms with van der Waals surface area (Å²) in [5.41, 5.74) is 10.3. The van der Waals surface area contributed by atoms with E-state index in [1.54, 1.807) is 6.92 Å². The second-order valence-electron chi connectivity index (χ2n) is 5.13. The maximum atomic E-state index is 11.1. The van der Waals surface area contributed by atoms with Crippen LogP contribution in [0.5, 0.6) is 0 Å². The maximum Gasteiger partial charge on any atom is 0.237 e. The molecule has 2 unspecified atom stereocenters. The van der Waals surface area contributed by atoms with Gasteiger partial charge in [-0.2, -0.15) is 0 Å². The van der Waals surface area contributed by atoms with Crippen LogP contribution in [0.25, 0.3) is 0 Å². The van der Waals surface area contributed by atoms with E-state index in [9.17, 15) is 4.79 Å². The molecule has 0 aromatic carbocycles. The van der Waals surface area contributed by atoms with Gasteiger partial charge in [0.1, 0.15) is 0 Å². The van der Waals surface area contributed by atoms with Gasteiger partial charge < -0.3 is 16.4 Å². The number of carbonyl (C=O) groups is 1. The van der Waals surface area contributed by atoms with Crippen LogP contribution in [-0.4, -0.2) is 35.5 Å². The summed E-state index contributed by atoms with van der Waals surface area (Å²) in [6.45, 7) is 5.96. The lowest BCUT2D eigenvalue weighted by molar-refractivity contribution is -0.123. The van der Waals surface area contributed by atoms with Crippen LogP contribution in [0.3, 0.4) is 0 Å². The highest BCUT2D eigenvalue weighted by Crippen LogP contribution is 2.20. The van der Waals surface area contributed by atoms with Crippen molar-refractivity contribution in [2.75, 3.05) is 13.1 Å². The summed E-state index contributed by atoms with van der Waals surface area (Å²) in [7, 11) is 0. The molecule has 1 amide bonds. The maximum absolute atomic E-state index is 11.1. The highest BCUT2D eigenvalue weighted by Gasteiger charge is 2.28. The van der Waals surface area contributed by atoms with Gasteiger partial charge in [0.2, 0.25) is 5.91 Å². The molecule has 0 saturated carbocycles. The van der Waals surface area contributed by atoms with E-state index in [0.29, 0.717) is 12.5 Å². The fourth-order valence-corrected chi connectivity index (χ4v) is 2.32. The standard InChI is InChI=1S/C12H25N3O/c1-3-10-6-4-5-8-15(10)9-7-12(2,14)11(13)16/h10H,3-9,14H2,1-2H3,(H2,13,16). The molecule has 1 fully saturated rings. The third-order valence-corrected chi connectivity index (χ3v) is 3.70. The largest absolute Gasteiger partial charge is 0.368 e. The number of amides is 1. The van der Waals surface area contributed by atoms with E-state index < -0.39 is 11.4 Å². The van der Waals surface area contributed by atoms with Crippen molar-refractivity contribution in [1.82, 2.24) is 4.90 Å². The molecule has 0 aromatic rings. The number of likely N-dealkylation sites (tertiary alicyclic amines) is 1. The summed E-state index contributed by atoms with van der Waals surface area (Å²) in [5.74, 6) is -0.405. The average Bonchev–Trinajstić information content (AvgIpc) is 2.26. The van der Waals surface area contributed by atoms with E-state index >= 15 is 0 Å². The number of nitrogens with two attached hydrogens (primary N) is 2. The lowest BCUT2D eigenvalue weighted by Gasteiger charge is -2.36. The van der Waals surface area contributed by atoms with Crippen LogP contribution >= 0.6 is 0 Å². The van der Waals surface area contributed by atoms with Crippen LogP contribution in [0.1, 0.15) is 46.0 Å². The molecule has 1 aliphatic heterocycles. The van der Waals surface area contributed by atoms with Crippen LogP contribution in [0.4, 0.5) is 0 Å². The minimum Gasteiger partial charge on any atom is -0.368 e. The zero-order chi connectivity index (χ0) is 12.2. The van der Waals surface area contributed by atoms with Gasteiger partial charge in [-0.05, 0) is 39.2 Å². The van der Waals surface area contributed by atoms with Crippen molar-refractivity contribution in [1.29, 1.82) is 0 Å². The third kappa shape index (κ3) is 3.46. The molecule has 4 N–H and O–H groups in total. The molecule has 1 aliphatic rings. The van der Waals surface area contributed by atoms with Crippen LogP contribution in [0, 0.1) is 0 Å². The van der Waals surface area contributed by atoms with Crippen molar-refractivity contribution in [2.24, 2.45) is 11.5 Å². The topological polar surface area (TPSA) is 72.3 Å². The Morgan fingerprint density at radius 1 is 1.50 bits per heavy atom. The Hall–Kier alpha value is -0.610.